The Hall–Kier alpha value is 1.04. The van der Waals surface area contributed by atoms with E-state index >= 15 is 0 Å². The van der Waals surface area contributed by atoms with Gasteiger partial charge in [-0.15, -0.1) is 23.5 Å². The van der Waals surface area contributed by atoms with Crippen molar-refractivity contribution < 1.29 is 19.8 Å². The van der Waals surface area contributed by atoms with Crippen LogP contribution in [0.3, 0.4) is 0 Å². The van der Waals surface area contributed by atoms with E-state index in [0.717, 1.165) is 11.5 Å². The molecule has 0 N–H and O–H groups in total. The predicted molar refractivity (Wildman–Crippen MR) is 88.2 cm³/mol. The van der Waals surface area contributed by atoms with Crippen LogP contribution in [0.25, 0.3) is 0 Å². The van der Waals surface area contributed by atoms with Crippen LogP contribution in [-0.4, -0.2) is 44.1 Å². The number of aliphatic carboxylic acids is 2. The van der Waals surface area contributed by atoms with Crippen molar-refractivity contribution in [3.63, 3.8) is 0 Å². The molecule has 4 nitrogen and oxygen atoms in total. The van der Waals surface area contributed by atoms with E-state index in [0.29, 0.717) is 9.16 Å². The van der Waals surface area contributed by atoms with Crippen LogP contribution in [0.5, 0.6) is 0 Å². The molecule has 2 unspecified atom stereocenters. The first-order valence-corrected chi connectivity index (χ1v) is 8.93. The summed E-state index contributed by atoms with van der Waals surface area (Å²) >= 11 is 19.1. The van der Waals surface area contributed by atoms with Crippen LogP contribution in [0.2, 0.25) is 0 Å². The van der Waals surface area contributed by atoms with Gasteiger partial charge in [0, 0.05) is 23.0 Å². The molecule has 1 heterocycles. The molecule has 0 aromatic rings. The SMILES string of the molecule is O=C([O-])CS.O=C([O-])CS.SC1CSC(S)CS1. The van der Waals surface area contributed by atoms with Gasteiger partial charge in [0.15, 0.2) is 0 Å². The van der Waals surface area contributed by atoms with Gasteiger partial charge in [0.25, 0.3) is 0 Å². The smallest absolute Gasteiger partial charge is 0.0563 e. The Balaban J connectivity index is 0. The second kappa shape index (κ2) is 14.4. The Bertz CT molecular complexity index is 208. The fourth-order valence-corrected chi connectivity index (χ4v) is 3.53. The van der Waals surface area contributed by atoms with Crippen molar-refractivity contribution in [3.05, 3.63) is 0 Å². The van der Waals surface area contributed by atoms with E-state index in [9.17, 15) is 19.8 Å². The third kappa shape index (κ3) is 19.4. The number of carboxylic acid groups (broad SMARTS) is 2. The quantitative estimate of drug-likeness (QED) is 0.485. The van der Waals surface area contributed by atoms with Gasteiger partial charge in [0.05, 0.1) is 21.1 Å². The second-order valence-corrected chi connectivity index (χ2v) is 7.69. The maximum atomic E-state index is 9.18. The molecule has 0 amide bonds. The number of carboxylic acids is 2. The van der Waals surface area contributed by atoms with Crippen LogP contribution in [0.1, 0.15) is 0 Å². The van der Waals surface area contributed by atoms with Gasteiger partial charge >= 0.3 is 0 Å². The Morgan fingerprint density at radius 2 is 1.17 bits per heavy atom. The van der Waals surface area contributed by atoms with Crippen LogP contribution in [0.15, 0.2) is 0 Å². The van der Waals surface area contributed by atoms with Crippen LogP contribution in [0.4, 0.5) is 0 Å². The van der Waals surface area contributed by atoms with E-state index in [4.69, 9.17) is 0 Å². The van der Waals surface area contributed by atoms with Crippen molar-refractivity contribution in [2.45, 2.75) is 9.16 Å². The van der Waals surface area contributed by atoms with E-state index in [-0.39, 0.29) is 11.5 Å². The molecule has 1 saturated heterocycles. The lowest BCUT2D eigenvalue weighted by Crippen LogP contribution is -2.23. The molecule has 108 valence electrons. The van der Waals surface area contributed by atoms with Crippen LogP contribution >= 0.6 is 74.0 Å². The topological polar surface area (TPSA) is 80.3 Å². The maximum Gasteiger partial charge on any atom is 0.0563 e. The number of hydrogen-bond donors (Lipinski definition) is 4. The highest BCUT2D eigenvalue weighted by Crippen LogP contribution is 2.32. The normalized spacial score (nSPS) is 21.8. The van der Waals surface area contributed by atoms with E-state index < -0.39 is 11.9 Å². The summed E-state index contributed by atoms with van der Waals surface area (Å²) in [4.78, 5) is 18.4. The lowest BCUT2D eigenvalue weighted by molar-refractivity contribution is -0.302. The number of rotatable bonds is 2. The maximum absolute atomic E-state index is 9.18. The van der Waals surface area contributed by atoms with E-state index in [1.165, 1.54) is 0 Å². The van der Waals surface area contributed by atoms with Crippen molar-refractivity contribution in [2.75, 3.05) is 23.0 Å². The Labute approximate surface area is 137 Å². The summed E-state index contributed by atoms with van der Waals surface area (Å²) in [5.41, 5.74) is 0. The van der Waals surface area contributed by atoms with Gasteiger partial charge in [-0.1, -0.05) is 0 Å². The Morgan fingerprint density at radius 1 is 0.944 bits per heavy atom. The summed E-state index contributed by atoms with van der Waals surface area (Å²) in [5.74, 6) is -0.370. The average molecular weight is 367 g/mol. The van der Waals surface area contributed by atoms with E-state index in [1.54, 1.807) is 0 Å². The first-order chi connectivity index (χ1) is 8.33. The minimum Gasteiger partial charge on any atom is -0.549 e. The summed E-state index contributed by atoms with van der Waals surface area (Å²) in [5, 5.41) is 18.4. The molecule has 1 rings (SSSR count). The van der Waals surface area contributed by atoms with Crippen molar-refractivity contribution in [2.24, 2.45) is 0 Å². The minimum atomic E-state index is -1.13. The van der Waals surface area contributed by atoms with Crippen molar-refractivity contribution >= 4 is 86.0 Å². The third-order valence-corrected chi connectivity index (χ3v) is 5.97. The van der Waals surface area contributed by atoms with Crippen LogP contribution in [-0.2, 0) is 9.59 Å². The molecule has 0 aromatic carbocycles. The number of thioether (sulfide) groups is 2. The molecule has 0 aliphatic carbocycles. The molecule has 18 heavy (non-hydrogen) atoms. The monoisotopic (exact) mass is 366 g/mol. The van der Waals surface area contributed by atoms with Gasteiger partial charge in [-0.2, -0.15) is 50.5 Å². The Morgan fingerprint density at radius 3 is 1.28 bits per heavy atom. The van der Waals surface area contributed by atoms with Crippen molar-refractivity contribution in [1.29, 1.82) is 0 Å². The zero-order valence-electron chi connectivity index (χ0n) is 9.22. The summed E-state index contributed by atoms with van der Waals surface area (Å²) in [6.07, 6.45) is 0. The second-order valence-electron chi connectivity index (χ2n) is 2.64. The zero-order valence-corrected chi connectivity index (χ0v) is 14.4. The standard InChI is InChI=1S/C4H8S4.2C2H4O2S/c5-3-1-7-4(6)2-8-3;2*3-2(4)1-5/h3-6H,1-2H2;2*5H,1H2,(H,3,4)/p-2. The lowest BCUT2D eigenvalue weighted by Gasteiger charge is -2.20. The first kappa shape index (κ1) is 21.3. The first-order valence-electron chi connectivity index (χ1n) is 4.54. The van der Waals surface area contributed by atoms with E-state index in [2.05, 4.69) is 50.5 Å². The van der Waals surface area contributed by atoms with Crippen LogP contribution in [0, 0.1) is 0 Å². The highest BCUT2D eigenvalue weighted by Gasteiger charge is 2.15. The Kier molecular flexibility index (Phi) is 17.1. The van der Waals surface area contributed by atoms with Gasteiger partial charge < -0.3 is 19.8 Å². The third-order valence-electron chi connectivity index (χ3n) is 1.12. The molecule has 2 atom stereocenters. The molecular weight excluding hydrogens is 352 g/mol. The number of carbonyl (C=O) groups excluding carboxylic acids is 2. The molecule has 10 heteroatoms. The molecule has 1 aliphatic heterocycles. The molecule has 0 spiro atoms. The van der Waals surface area contributed by atoms with E-state index in [1.807, 2.05) is 23.5 Å². The molecule has 1 aliphatic rings. The highest BCUT2D eigenvalue weighted by atomic mass is 32.2. The molecule has 0 bridgehead atoms. The van der Waals surface area contributed by atoms with Crippen LogP contribution < -0.4 is 10.2 Å². The van der Waals surface area contributed by atoms with Gasteiger partial charge in [0.1, 0.15) is 0 Å². The summed E-state index contributed by atoms with van der Waals surface area (Å²) in [6.45, 7) is 0. The zero-order chi connectivity index (χ0) is 14.6. The molecule has 0 saturated carbocycles. The lowest BCUT2D eigenvalue weighted by atomic mass is 10.8. The van der Waals surface area contributed by atoms with Gasteiger partial charge in [-0.3, -0.25) is 0 Å². The van der Waals surface area contributed by atoms with Crippen molar-refractivity contribution in [3.8, 4) is 0 Å². The number of carbonyl (C=O) groups is 2. The predicted octanol–water partition coefficient (Wildman–Crippen LogP) is -0.690. The summed E-state index contributed by atoms with van der Waals surface area (Å²) < 4.78 is 1.09. The van der Waals surface area contributed by atoms with Gasteiger partial charge in [-0.05, 0) is 0 Å². The van der Waals surface area contributed by atoms with Gasteiger partial charge in [-0.25, -0.2) is 0 Å². The highest BCUT2D eigenvalue weighted by molar-refractivity contribution is 8.18. The average Bonchev–Trinajstić information content (AvgIpc) is 2.34. The number of thiol groups is 4. The fourth-order valence-electron chi connectivity index (χ4n) is 0.483. The molecular formula is C8H14O4S6-2. The molecule has 0 radical (unpaired) electrons. The largest absolute Gasteiger partial charge is 0.549 e. The number of hydrogen-bond acceptors (Lipinski definition) is 10. The fraction of sp³-hybridized carbons (Fsp3) is 0.750. The van der Waals surface area contributed by atoms with Crippen molar-refractivity contribution in [1.82, 2.24) is 0 Å². The molecule has 0 aromatic heterocycles. The van der Waals surface area contributed by atoms with Gasteiger partial charge in [0.2, 0.25) is 0 Å². The summed E-state index contributed by atoms with van der Waals surface area (Å²) in [6, 6.07) is 0. The minimum absolute atomic E-state index is 0.194. The summed E-state index contributed by atoms with van der Waals surface area (Å²) in [7, 11) is 0. The molecule has 1 fully saturated rings.